The van der Waals surface area contributed by atoms with E-state index in [0.29, 0.717) is 5.82 Å². The molecule has 1 aliphatic heterocycles. The van der Waals surface area contributed by atoms with Crippen molar-refractivity contribution >= 4 is 28.9 Å². The number of ether oxygens (including phenoxy) is 1. The van der Waals surface area contributed by atoms with Crippen LogP contribution in [0.5, 0.6) is 5.75 Å². The smallest absolute Gasteiger partial charge is 0.256 e. The molecule has 1 aliphatic rings. The van der Waals surface area contributed by atoms with Gasteiger partial charge in [-0.25, -0.2) is 13.8 Å². The molecule has 3 N–H and O–H groups in total. The lowest BCUT2D eigenvalue weighted by atomic mass is 10.2. The number of nitrogens with one attached hydrogen (secondary N) is 3. The maximum Gasteiger partial charge on any atom is 0.256 e. The van der Waals surface area contributed by atoms with Crippen LogP contribution in [0.4, 0.5) is 26.1 Å². The van der Waals surface area contributed by atoms with Crippen molar-refractivity contribution in [3.8, 4) is 5.75 Å². The highest BCUT2D eigenvalue weighted by Gasteiger charge is 2.19. The predicted molar refractivity (Wildman–Crippen MR) is 90.0 cm³/mol. The molecule has 3 heterocycles. The summed E-state index contributed by atoms with van der Waals surface area (Å²) < 4.78 is 34.9. The fraction of sp³-hybridized carbons (Fsp3) is 0.188. The van der Waals surface area contributed by atoms with E-state index in [9.17, 15) is 13.6 Å². The van der Waals surface area contributed by atoms with Crippen molar-refractivity contribution in [2.45, 2.75) is 0 Å². The van der Waals surface area contributed by atoms with Gasteiger partial charge in [0.15, 0.2) is 17.3 Å². The minimum absolute atomic E-state index is 0.0907. The molecule has 26 heavy (non-hydrogen) atoms. The first-order valence-corrected chi connectivity index (χ1v) is 7.80. The van der Waals surface area contributed by atoms with Gasteiger partial charge in [0.25, 0.3) is 5.91 Å². The van der Waals surface area contributed by atoms with Crippen LogP contribution in [0, 0.1) is 11.6 Å². The zero-order valence-electron chi connectivity index (χ0n) is 13.6. The normalized spacial score (nSPS) is 13.9. The van der Waals surface area contributed by atoms with Gasteiger partial charge >= 0.3 is 0 Å². The maximum atomic E-state index is 14.2. The molecule has 0 radical (unpaired) electrons. The largest absolute Gasteiger partial charge is 0.492 e. The van der Waals surface area contributed by atoms with E-state index in [2.05, 4.69) is 26.0 Å². The minimum Gasteiger partial charge on any atom is -0.492 e. The summed E-state index contributed by atoms with van der Waals surface area (Å²) in [6.45, 7) is 0.268. The SMILES string of the molecule is CNc1cc2nc3c(cnn13)C(=O)NCCOc1cc(F)c(F)c(c1)N2. The first-order chi connectivity index (χ1) is 12.6. The standard InChI is InChI=1S/C16H14F2N6O2/c1-19-13-6-12-22-11-5-8(4-10(17)14(11)18)26-3-2-20-16(25)9-7-21-24(13)15(9)23-12/h4-7,19H,2-3H2,1H3,(H,20,25)(H,22,23). The Balaban J connectivity index is 1.92. The van der Waals surface area contributed by atoms with E-state index in [1.807, 2.05) is 0 Å². The Labute approximate surface area is 146 Å². The first kappa shape index (κ1) is 16.1. The van der Waals surface area contributed by atoms with Gasteiger partial charge in [0.1, 0.15) is 29.6 Å². The number of hydrogen-bond acceptors (Lipinski definition) is 6. The van der Waals surface area contributed by atoms with Crippen LogP contribution in [0.2, 0.25) is 0 Å². The molecule has 2 aromatic heterocycles. The maximum absolute atomic E-state index is 14.2. The fourth-order valence-electron chi connectivity index (χ4n) is 2.67. The number of halogens is 2. The molecule has 4 bridgehead atoms. The van der Waals surface area contributed by atoms with Gasteiger partial charge < -0.3 is 20.7 Å². The molecular formula is C16H14F2N6O2. The van der Waals surface area contributed by atoms with E-state index < -0.39 is 11.6 Å². The third kappa shape index (κ3) is 2.65. The Kier molecular flexibility index (Phi) is 3.79. The van der Waals surface area contributed by atoms with Crippen LogP contribution in [0.15, 0.2) is 24.4 Å². The van der Waals surface area contributed by atoms with Crippen LogP contribution in [-0.2, 0) is 0 Å². The highest BCUT2D eigenvalue weighted by Crippen LogP contribution is 2.28. The minimum atomic E-state index is -1.05. The van der Waals surface area contributed by atoms with Gasteiger partial charge in [0.05, 0.1) is 18.4 Å². The number of carbonyl (C=O) groups is 1. The zero-order valence-corrected chi connectivity index (χ0v) is 13.6. The van der Waals surface area contributed by atoms with Crippen LogP contribution >= 0.6 is 0 Å². The molecule has 134 valence electrons. The monoisotopic (exact) mass is 360 g/mol. The molecule has 0 saturated heterocycles. The van der Waals surface area contributed by atoms with Crippen molar-refractivity contribution in [1.29, 1.82) is 0 Å². The molecule has 4 rings (SSSR count). The average molecular weight is 360 g/mol. The molecule has 0 aliphatic carbocycles. The molecule has 0 atom stereocenters. The van der Waals surface area contributed by atoms with Crippen molar-refractivity contribution in [3.63, 3.8) is 0 Å². The number of fused-ring (bicyclic) bond motifs is 3. The van der Waals surface area contributed by atoms with Crippen molar-refractivity contribution in [3.05, 3.63) is 41.6 Å². The van der Waals surface area contributed by atoms with Crippen LogP contribution < -0.4 is 20.7 Å². The number of benzene rings is 1. The van der Waals surface area contributed by atoms with E-state index >= 15 is 0 Å². The summed E-state index contributed by atoms with van der Waals surface area (Å²) in [5.41, 5.74) is 0.398. The number of amides is 1. The van der Waals surface area contributed by atoms with Crippen molar-refractivity contribution in [2.75, 3.05) is 30.8 Å². The van der Waals surface area contributed by atoms with Gasteiger partial charge in [-0.05, 0) is 0 Å². The van der Waals surface area contributed by atoms with Crippen LogP contribution in [0.25, 0.3) is 5.65 Å². The predicted octanol–water partition coefficient (Wildman–Crippen LogP) is 1.91. The number of rotatable bonds is 1. The molecule has 3 aromatic rings. The summed E-state index contributed by atoms with van der Waals surface area (Å²) in [7, 11) is 1.67. The van der Waals surface area contributed by atoms with Gasteiger partial charge in [-0.2, -0.15) is 9.61 Å². The fourth-order valence-corrected chi connectivity index (χ4v) is 2.67. The van der Waals surface area contributed by atoms with Gasteiger partial charge in [-0.3, -0.25) is 4.79 Å². The Bertz CT molecular complexity index is 1020. The number of hydrogen-bond donors (Lipinski definition) is 3. The van der Waals surface area contributed by atoms with E-state index in [1.54, 1.807) is 13.1 Å². The highest BCUT2D eigenvalue weighted by atomic mass is 19.2. The molecule has 0 unspecified atom stereocenters. The Morgan fingerprint density at radius 2 is 2.15 bits per heavy atom. The van der Waals surface area contributed by atoms with Crippen molar-refractivity contribution in [2.24, 2.45) is 0 Å². The summed E-state index contributed by atoms with van der Waals surface area (Å²) in [5, 5.41) is 12.5. The Morgan fingerprint density at radius 1 is 1.31 bits per heavy atom. The third-order valence-electron chi connectivity index (χ3n) is 3.89. The number of nitrogens with zero attached hydrogens (tertiary/aromatic N) is 3. The van der Waals surface area contributed by atoms with E-state index in [4.69, 9.17) is 4.74 Å². The second kappa shape index (κ2) is 6.14. The van der Waals surface area contributed by atoms with Gasteiger partial charge in [0.2, 0.25) is 0 Å². The van der Waals surface area contributed by atoms with Gasteiger partial charge in [0, 0.05) is 25.2 Å². The number of anilines is 3. The van der Waals surface area contributed by atoms with Crippen LogP contribution in [0.1, 0.15) is 10.4 Å². The Morgan fingerprint density at radius 3 is 2.96 bits per heavy atom. The number of carbonyl (C=O) groups excluding carboxylic acids is 1. The molecule has 0 saturated carbocycles. The summed E-state index contributed by atoms with van der Waals surface area (Å²) in [5.74, 6) is -1.62. The summed E-state index contributed by atoms with van der Waals surface area (Å²) in [6, 6.07) is 3.85. The van der Waals surface area contributed by atoms with Crippen LogP contribution in [-0.4, -0.2) is 40.7 Å². The summed E-state index contributed by atoms with van der Waals surface area (Å²) in [6.07, 6.45) is 1.39. The van der Waals surface area contributed by atoms with Gasteiger partial charge in [-0.1, -0.05) is 0 Å². The van der Waals surface area contributed by atoms with E-state index in [-0.39, 0.29) is 47.5 Å². The lowest BCUT2D eigenvalue weighted by Crippen LogP contribution is -2.28. The summed E-state index contributed by atoms with van der Waals surface area (Å²) in [4.78, 5) is 16.7. The lowest BCUT2D eigenvalue weighted by Gasteiger charge is -2.12. The average Bonchev–Trinajstić information content (AvgIpc) is 3.05. The molecule has 1 aromatic carbocycles. The molecule has 1 amide bonds. The molecule has 0 spiro atoms. The lowest BCUT2D eigenvalue weighted by molar-refractivity contribution is 0.0948. The molecule has 10 heteroatoms. The molecule has 8 nitrogen and oxygen atoms in total. The van der Waals surface area contributed by atoms with E-state index in [1.165, 1.54) is 16.8 Å². The number of aromatic nitrogens is 3. The van der Waals surface area contributed by atoms with E-state index in [0.717, 1.165) is 6.07 Å². The van der Waals surface area contributed by atoms with Gasteiger partial charge in [-0.15, -0.1) is 0 Å². The molecule has 0 fully saturated rings. The van der Waals surface area contributed by atoms with Crippen LogP contribution in [0.3, 0.4) is 0 Å². The second-order valence-corrected chi connectivity index (χ2v) is 5.57. The Hall–Kier alpha value is -3.43. The van der Waals surface area contributed by atoms with Crippen molar-refractivity contribution in [1.82, 2.24) is 19.9 Å². The quantitative estimate of drug-likeness (QED) is 0.614. The summed E-state index contributed by atoms with van der Waals surface area (Å²) >= 11 is 0. The third-order valence-corrected chi connectivity index (χ3v) is 3.89. The topological polar surface area (TPSA) is 92.6 Å². The highest BCUT2D eigenvalue weighted by molar-refractivity contribution is 6.00. The zero-order chi connectivity index (χ0) is 18.3. The molecular weight excluding hydrogens is 346 g/mol. The first-order valence-electron chi connectivity index (χ1n) is 7.80. The second-order valence-electron chi connectivity index (χ2n) is 5.57. The van der Waals surface area contributed by atoms with Crippen molar-refractivity contribution < 1.29 is 18.3 Å².